The van der Waals surface area contributed by atoms with Crippen molar-refractivity contribution in [3.8, 4) is 0 Å². The summed E-state index contributed by atoms with van der Waals surface area (Å²) in [6, 6.07) is 6.49. The van der Waals surface area contributed by atoms with Crippen LogP contribution in [0.15, 0.2) is 33.5 Å². The molecule has 11 heteroatoms. The minimum atomic E-state index is -3.54. The maximum Gasteiger partial charge on any atom is 0.243 e. The molecule has 0 spiro atoms. The van der Waals surface area contributed by atoms with E-state index in [0.29, 0.717) is 18.8 Å². The first-order valence-electron chi connectivity index (χ1n) is 10.6. The summed E-state index contributed by atoms with van der Waals surface area (Å²) in [6.07, 6.45) is 5.18. The predicted molar refractivity (Wildman–Crippen MR) is 124 cm³/mol. The minimum Gasteiger partial charge on any atom is -0.347 e. The number of rotatable bonds is 7. The number of aromatic nitrogens is 2. The average molecular weight is 482 g/mol. The lowest BCUT2D eigenvalue weighted by Gasteiger charge is -2.26. The van der Waals surface area contributed by atoms with Crippen molar-refractivity contribution in [3.05, 3.63) is 24.3 Å². The summed E-state index contributed by atoms with van der Waals surface area (Å²) < 4.78 is 28.1. The van der Waals surface area contributed by atoms with Gasteiger partial charge in [0.15, 0.2) is 4.34 Å². The lowest BCUT2D eigenvalue weighted by molar-refractivity contribution is -0.115. The summed E-state index contributed by atoms with van der Waals surface area (Å²) >= 11 is 2.87. The van der Waals surface area contributed by atoms with Crippen LogP contribution < -0.4 is 10.2 Å². The van der Waals surface area contributed by atoms with E-state index in [2.05, 4.69) is 20.4 Å². The molecule has 0 saturated carbocycles. The minimum absolute atomic E-state index is 0.199. The van der Waals surface area contributed by atoms with Crippen LogP contribution in [0.1, 0.15) is 39.0 Å². The molecule has 1 N–H and O–H groups in total. The Morgan fingerprint density at radius 2 is 1.81 bits per heavy atom. The molecule has 0 aliphatic carbocycles. The highest BCUT2D eigenvalue weighted by Gasteiger charge is 2.26. The molecule has 3 heterocycles. The highest BCUT2D eigenvalue weighted by atomic mass is 32.2. The van der Waals surface area contributed by atoms with Gasteiger partial charge in [-0.05, 0) is 50.8 Å². The molecule has 2 saturated heterocycles. The molecule has 1 unspecified atom stereocenters. The number of hydrogen-bond donors (Lipinski definition) is 1. The number of thioether (sulfide) groups is 1. The molecule has 8 nitrogen and oxygen atoms in total. The normalized spacial score (nSPS) is 18.8. The number of sulfonamides is 1. The van der Waals surface area contributed by atoms with Crippen LogP contribution in [0.3, 0.4) is 0 Å². The third kappa shape index (κ3) is 5.39. The van der Waals surface area contributed by atoms with Crippen LogP contribution >= 0.6 is 23.1 Å². The van der Waals surface area contributed by atoms with Crippen molar-refractivity contribution in [3.63, 3.8) is 0 Å². The molecule has 168 valence electrons. The number of anilines is 2. The third-order valence-electron chi connectivity index (χ3n) is 5.47. The van der Waals surface area contributed by atoms with E-state index in [1.165, 1.54) is 46.3 Å². The first kappa shape index (κ1) is 22.5. The van der Waals surface area contributed by atoms with Gasteiger partial charge in [-0.15, -0.1) is 10.2 Å². The monoisotopic (exact) mass is 481 g/mol. The Kier molecular flexibility index (Phi) is 7.15. The van der Waals surface area contributed by atoms with Crippen LogP contribution in [0.4, 0.5) is 10.8 Å². The van der Waals surface area contributed by atoms with Gasteiger partial charge in [-0.3, -0.25) is 4.79 Å². The zero-order valence-corrected chi connectivity index (χ0v) is 19.9. The van der Waals surface area contributed by atoms with Crippen LogP contribution in [-0.2, 0) is 14.8 Å². The summed E-state index contributed by atoms with van der Waals surface area (Å²) in [6.45, 7) is 4.92. The van der Waals surface area contributed by atoms with Gasteiger partial charge in [0.2, 0.25) is 21.1 Å². The van der Waals surface area contributed by atoms with Crippen molar-refractivity contribution in [1.82, 2.24) is 14.5 Å². The lowest BCUT2D eigenvalue weighted by atomic mass is 10.2. The summed E-state index contributed by atoms with van der Waals surface area (Å²) in [5, 5.41) is 11.8. The van der Waals surface area contributed by atoms with Crippen molar-refractivity contribution < 1.29 is 13.2 Å². The quantitative estimate of drug-likeness (QED) is 0.605. The molecule has 1 aromatic heterocycles. The summed E-state index contributed by atoms with van der Waals surface area (Å²) in [4.78, 5) is 15.1. The van der Waals surface area contributed by atoms with E-state index >= 15 is 0 Å². The third-order valence-corrected chi connectivity index (χ3v) is 9.54. The Hall–Kier alpha value is -1.69. The van der Waals surface area contributed by atoms with Gasteiger partial charge < -0.3 is 10.2 Å². The van der Waals surface area contributed by atoms with Crippen molar-refractivity contribution in [2.75, 3.05) is 36.4 Å². The Morgan fingerprint density at radius 1 is 1.10 bits per heavy atom. The van der Waals surface area contributed by atoms with Crippen molar-refractivity contribution in [1.29, 1.82) is 0 Å². The zero-order valence-electron chi connectivity index (χ0n) is 17.5. The maximum atomic E-state index is 12.9. The van der Waals surface area contributed by atoms with Gasteiger partial charge in [-0.2, -0.15) is 4.31 Å². The molecule has 31 heavy (non-hydrogen) atoms. The first-order valence-corrected chi connectivity index (χ1v) is 13.7. The lowest BCUT2D eigenvalue weighted by Crippen LogP contribution is -2.35. The van der Waals surface area contributed by atoms with Crippen LogP contribution in [0.2, 0.25) is 0 Å². The second-order valence-electron chi connectivity index (χ2n) is 7.79. The van der Waals surface area contributed by atoms with Crippen LogP contribution in [0.5, 0.6) is 0 Å². The van der Waals surface area contributed by atoms with Gasteiger partial charge in [0.1, 0.15) is 0 Å². The van der Waals surface area contributed by atoms with E-state index < -0.39 is 10.0 Å². The molecule has 4 rings (SSSR count). The fourth-order valence-corrected chi connectivity index (χ4v) is 7.32. The van der Waals surface area contributed by atoms with Gasteiger partial charge in [-0.1, -0.05) is 35.6 Å². The first-order chi connectivity index (χ1) is 14.9. The molecular formula is C20H27N5O3S3. The van der Waals surface area contributed by atoms with Crippen LogP contribution in [0.25, 0.3) is 0 Å². The number of amides is 1. The Morgan fingerprint density at radius 3 is 2.55 bits per heavy atom. The molecule has 0 radical (unpaired) electrons. The summed E-state index contributed by atoms with van der Waals surface area (Å²) in [7, 11) is -3.54. The standard InChI is InChI=1S/C20H27N5O3S3/c1-15(29-20-23-22-19(30-20)24-10-5-6-11-24)18(26)21-16-8-7-9-17(14-16)31(27,28)25-12-3-2-4-13-25/h7-9,14-15H,2-6,10-13H2,1H3,(H,21,26). The molecule has 1 aromatic carbocycles. The van der Waals surface area contributed by atoms with E-state index in [1.807, 2.05) is 6.92 Å². The molecule has 1 amide bonds. The molecule has 2 aliphatic heterocycles. The zero-order chi connectivity index (χ0) is 21.8. The van der Waals surface area contributed by atoms with Crippen molar-refractivity contribution in [2.24, 2.45) is 0 Å². The highest BCUT2D eigenvalue weighted by Crippen LogP contribution is 2.32. The molecule has 0 bridgehead atoms. The Balaban J connectivity index is 1.38. The second-order valence-corrected chi connectivity index (χ2v) is 12.3. The fourth-order valence-electron chi connectivity index (χ4n) is 3.72. The van der Waals surface area contributed by atoms with Crippen molar-refractivity contribution in [2.45, 2.75) is 53.5 Å². The maximum absolute atomic E-state index is 12.9. The van der Waals surface area contributed by atoms with E-state index in [0.717, 1.165) is 41.8 Å². The van der Waals surface area contributed by atoms with E-state index in [-0.39, 0.29) is 16.1 Å². The smallest absolute Gasteiger partial charge is 0.243 e. The highest BCUT2D eigenvalue weighted by molar-refractivity contribution is 8.02. The predicted octanol–water partition coefficient (Wildman–Crippen LogP) is 3.43. The number of benzene rings is 1. The number of nitrogens with one attached hydrogen (secondary N) is 1. The number of nitrogens with zero attached hydrogens (tertiary/aromatic N) is 4. The van der Waals surface area contributed by atoms with Gasteiger partial charge in [0.05, 0.1) is 10.1 Å². The number of hydrogen-bond acceptors (Lipinski definition) is 8. The summed E-state index contributed by atoms with van der Waals surface area (Å²) in [5.74, 6) is -0.199. The van der Waals surface area contributed by atoms with E-state index in [1.54, 1.807) is 18.2 Å². The van der Waals surface area contributed by atoms with Crippen molar-refractivity contribution >= 4 is 49.8 Å². The SMILES string of the molecule is CC(Sc1nnc(N2CCCC2)s1)C(=O)Nc1cccc(S(=O)(=O)N2CCCCC2)c1. The molecule has 2 aromatic rings. The van der Waals surface area contributed by atoms with Crippen LogP contribution in [-0.4, -0.2) is 60.3 Å². The molecule has 2 aliphatic rings. The molecular weight excluding hydrogens is 454 g/mol. The number of piperidine rings is 1. The van der Waals surface area contributed by atoms with Gasteiger partial charge in [0, 0.05) is 31.9 Å². The largest absolute Gasteiger partial charge is 0.347 e. The average Bonchev–Trinajstić information content (AvgIpc) is 3.46. The van der Waals surface area contributed by atoms with Gasteiger partial charge in [-0.25, -0.2) is 8.42 Å². The summed E-state index contributed by atoms with van der Waals surface area (Å²) in [5.41, 5.74) is 0.477. The molecule has 2 fully saturated rings. The Labute approximate surface area is 191 Å². The van der Waals surface area contributed by atoms with Gasteiger partial charge in [0.25, 0.3) is 0 Å². The van der Waals surface area contributed by atoms with E-state index in [9.17, 15) is 13.2 Å². The van der Waals surface area contributed by atoms with Crippen LogP contribution in [0, 0.1) is 0 Å². The number of carbonyl (C=O) groups is 1. The Bertz CT molecular complexity index is 1010. The molecule has 1 atom stereocenters. The van der Waals surface area contributed by atoms with E-state index in [4.69, 9.17) is 0 Å². The second kappa shape index (κ2) is 9.85. The fraction of sp³-hybridized carbons (Fsp3) is 0.550. The topological polar surface area (TPSA) is 95.5 Å². The number of carbonyl (C=O) groups excluding carboxylic acids is 1. The van der Waals surface area contributed by atoms with Gasteiger partial charge >= 0.3 is 0 Å².